The largest absolute Gasteiger partial charge is 1.00 e. The Balaban J connectivity index is 0.00000225. The van der Waals surface area contributed by atoms with Gasteiger partial charge in [0.25, 0.3) is 0 Å². The van der Waals surface area contributed by atoms with E-state index in [1.54, 1.807) is 13.0 Å². The van der Waals surface area contributed by atoms with Gasteiger partial charge in [0.05, 0.1) is 12.2 Å². The molecule has 0 aliphatic carbocycles. The molecule has 0 bridgehead atoms. The standard InChI is InChI=1S/C9H12BF3NO.K/c1-3-8-9(5-4-7(2)14-8)15-6-10(11,12)13;/h4-5H,3,6H2,1-2H3;/q-1;+1. The van der Waals surface area contributed by atoms with Crippen molar-refractivity contribution in [1.82, 2.24) is 4.98 Å². The molecule has 0 N–H and O–H groups in total. The van der Waals surface area contributed by atoms with Gasteiger partial charge < -0.3 is 17.7 Å². The number of aryl methyl sites for hydroxylation is 2. The molecule has 0 amide bonds. The second-order valence-electron chi connectivity index (χ2n) is 3.27. The van der Waals surface area contributed by atoms with Crippen LogP contribution in [0.1, 0.15) is 18.3 Å². The van der Waals surface area contributed by atoms with Gasteiger partial charge >= 0.3 is 58.4 Å². The molecule has 0 fully saturated rings. The van der Waals surface area contributed by atoms with Gasteiger partial charge in [-0.3, -0.25) is 4.98 Å². The first-order valence-electron chi connectivity index (χ1n) is 4.72. The van der Waals surface area contributed by atoms with Crippen molar-refractivity contribution in [2.24, 2.45) is 0 Å². The number of nitrogens with zero attached hydrogens (tertiary/aromatic N) is 1. The van der Waals surface area contributed by atoms with Gasteiger partial charge in [0, 0.05) is 5.69 Å². The minimum absolute atomic E-state index is 0. The van der Waals surface area contributed by atoms with Gasteiger partial charge in [-0.05, 0) is 25.5 Å². The Morgan fingerprint density at radius 3 is 2.44 bits per heavy atom. The Morgan fingerprint density at radius 2 is 1.94 bits per heavy atom. The summed E-state index contributed by atoms with van der Waals surface area (Å²) in [6.07, 6.45) is 0.557. The van der Waals surface area contributed by atoms with Crippen molar-refractivity contribution in [2.45, 2.75) is 20.3 Å². The van der Waals surface area contributed by atoms with E-state index in [0.29, 0.717) is 12.1 Å². The van der Waals surface area contributed by atoms with E-state index in [0.717, 1.165) is 5.69 Å². The normalized spacial score (nSPS) is 10.8. The number of halogens is 3. The van der Waals surface area contributed by atoms with Crippen LogP contribution in [0, 0.1) is 6.92 Å². The first kappa shape index (κ1) is 16.4. The number of hydrogen-bond acceptors (Lipinski definition) is 2. The molecule has 1 aromatic rings. The molecule has 1 rings (SSSR count). The molecule has 0 aliphatic rings. The van der Waals surface area contributed by atoms with Crippen molar-refractivity contribution in [3.8, 4) is 5.75 Å². The molecule has 0 saturated carbocycles. The summed E-state index contributed by atoms with van der Waals surface area (Å²) in [6, 6.07) is 3.17. The van der Waals surface area contributed by atoms with Crippen LogP contribution in [0.4, 0.5) is 12.9 Å². The zero-order valence-electron chi connectivity index (χ0n) is 9.64. The van der Waals surface area contributed by atoms with Crippen LogP contribution in [0.5, 0.6) is 5.75 Å². The predicted octanol–water partition coefficient (Wildman–Crippen LogP) is -0.278. The molecule has 0 radical (unpaired) electrons. The Kier molecular flexibility index (Phi) is 7.20. The van der Waals surface area contributed by atoms with E-state index in [-0.39, 0.29) is 57.1 Å². The molecule has 1 heterocycles. The Morgan fingerprint density at radius 1 is 1.31 bits per heavy atom. The van der Waals surface area contributed by atoms with E-state index < -0.39 is 13.5 Å². The van der Waals surface area contributed by atoms with Gasteiger partial charge in [0.1, 0.15) is 5.75 Å². The van der Waals surface area contributed by atoms with Crippen LogP contribution >= 0.6 is 0 Å². The summed E-state index contributed by atoms with van der Waals surface area (Å²) in [5.74, 6) is 0.224. The number of rotatable bonds is 4. The van der Waals surface area contributed by atoms with E-state index in [4.69, 9.17) is 0 Å². The second-order valence-corrected chi connectivity index (χ2v) is 3.27. The molecule has 84 valence electrons. The average Bonchev–Trinajstić information content (AvgIpc) is 2.14. The molecule has 0 atom stereocenters. The Bertz CT molecular complexity index is 346. The van der Waals surface area contributed by atoms with Gasteiger partial charge in [0.15, 0.2) is 0 Å². The summed E-state index contributed by atoms with van der Waals surface area (Å²) in [6.45, 7) is -2.50. The minimum Gasteiger partial charge on any atom is -0.520 e. The van der Waals surface area contributed by atoms with Gasteiger partial charge in [0.2, 0.25) is 0 Å². The molecule has 0 aromatic carbocycles. The maximum atomic E-state index is 12.0. The molecule has 1 aromatic heterocycles. The maximum Gasteiger partial charge on any atom is 1.00 e. The van der Waals surface area contributed by atoms with Crippen molar-refractivity contribution in [3.63, 3.8) is 0 Å². The quantitative estimate of drug-likeness (QED) is 0.692. The Hall–Kier alpha value is 0.441. The van der Waals surface area contributed by atoms with E-state index in [2.05, 4.69) is 9.72 Å². The third-order valence-electron chi connectivity index (χ3n) is 1.83. The topological polar surface area (TPSA) is 22.1 Å². The monoisotopic (exact) mass is 257 g/mol. The summed E-state index contributed by atoms with van der Waals surface area (Å²) in [5.41, 5.74) is 1.34. The summed E-state index contributed by atoms with van der Waals surface area (Å²) in [4.78, 5) is 4.11. The summed E-state index contributed by atoms with van der Waals surface area (Å²) in [7, 11) is 0. The zero-order valence-corrected chi connectivity index (χ0v) is 12.8. The van der Waals surface area contributed by atoms with E-state index in [1.165, 1.54) is 6.07 Å². The van der Waals surface area contributed by atoms with Crippen molar-refractivity contribution in [1.29, 1.82) is 0 Å². The first-order chi connectivity index (χ1) is 6.92. The van der Waals surface area contributed by atoms with Crippen LogP contribution in [0.25, 0.3) is 0 Å². The SMILES string of the molecule is CCc1nc(C)ccc1OC[B-](F)(F)F.[K+]. The number of hydrogen-bond donors (Lipinski definition) is 0. The maximum absolute atomic E-state index is 12.0. The minimum atomic E-state index is -4.91. The molecule has 7 heteroatoms. The fourth-order valence-corrected chi connectivity index (χ4v) is 1.17. The summed E-state index contributed by atoms with van der Waals surface area (Å²) in [5, 5.41) is 0. The first-order valence-corrected chi connectivity index (χ1v) is 4.72. The number of pyridine rings is 1. The van der Waals surface area contributed by atoms with Crippen molar-refractivity contribution in [2.75, 3.05) is 6.51 Å². The second kappa shape index (κ2) is 7.00. The number of ether oxygens (including phenoxy) is 1. The van der Waals surface area contributed by atoms with E-state index in [9.17, 15) is 12.9 Å². The summed E-state index contributed by atoms with van der Waals surface area (Å²) >= 11 is 0. The third kappa shape index (κ3) is 5.68. The average molecular weight is 257 g/mol. The van der Waals surface area contributed by atoms with Crippen LogP contribution in [0.15, 0.2) is 12.1 Å². The molecule has 0 saturated heterocycles. The fourth-order valence-electron chi connectivity index (χ4n) is 1.17. The van der Waals surface area contributed by atoms with Gasteiger partial charge in [-0.2, -0.15) is 0 Å². The van der Waals surface area contributed by atoms with Gasteiger partial charge in [-0.15, -0.1) is 0 Å². The molecule has 16 heavy (non-hydrogen) atoms. The Labute approximate surface area is 135 Å². The fraction of sp³-hybridized carbons (Fsp3) is 0.444. The van der Waals surface area contributed by atoms with Gasteiger partial charge in [-0.1, -0.05) is 6.92 Å². The van der Waals surface area contributed by atoms with Crippen molar-refractivity contribution >= 4 is 6.98 Å². The molecule has 0 aliphatic heterocycles. The molecule has 2 nitrogen and oxygen atoms in total. The van der Waals surface area contributed by atoms with Crippen LogP contribution in [0.3, 0.4) is 0 Å². The smallest absolute Gasteiger partial charge is 0.520 e. The van der Waals surface area contributed by atoms with E-state index in [1.807, 2.05) is 6.92 Å². The zero-order chi connectivity index (χ0) is 11.5. The molecular formula is C9H12BF3KNO. The van der Waals surface area contributed by atoms with E-state index >= 15 is 0 Å². The van der Waals surface area contributed by atoms with Gasteiger partial charge in [-0.25, -0.2) is 0 Å². The predicted molar refractivity (Wildman–Crippen MR) is 52.9 cm³/mol. The van der Waals surface area contributed by atoms with Crippen LogP contribution in [0.2, 0.25) is 0 Å². The van der Waals surface area contributed by atoms with Crippen LogP contribution in [-0.2, 0) is 6.42 Å². The molecule has 0 spiro atoms. The third-order valence-corrected chi connectivity index (χ3v) is 1.83. The van der Waals surface area contributed by atoms with Crippen molar-refractivity contribution in [3.05, 3.63) is 23.5 Å². The number of aromatic nitrogens is 1. The molecule has 0 unspecified atom stereocenters. The molecular weight excluding hydrogens is 245 g/mol. The van der Waals surface area contributed by atoms with Crippen LogP contribution in [-0.4, -0.2) is 18.5 Å². The van der Waals surface area contributed by atoms with Crippen molar-refractivity contribution < 1.29 is 69.1 Å². The summed E-state index contributed by atoms with van der Waals surface area (Å²) < 4.78 is 40.6. The van der Waals surface area contributed by atoms with Crippen LogP contribution < -0.4 is 56.1 Å².